The van der Waals surface area contributed by atoms with Gasteiger partial charge in [0, 0.05) is 20.0 Å². The highest BCUT2D eigenvalue weighted by molar-refractivity contribution is 5.82. The lowest BCUT2D eigenvalue weighted by molar-refractivity contribution is -0.122. The van der Waals surface area contributed by atoms with E-state index >= 15 is 0 Å². The molecule has 19 heavy (non-hydrogen) atoms. The van der Waals surface area contributed by atoms with Gasteiger partial charge in [-0.25, -0.2) is 4.98 Å². The molecule has 1 amide bonds. The van der Waals surface area contributed by atoms with Crippen LogP contribution in [0.5, 0.6) is 0 Å². The molecule has 0 fully saturated rings. The van der Waals surface area contributed by atoms with E-state index in [9.17, 15) is 4.79 Å². The van der Waals surface area contributed by atoms with E-state index in [1.165, 1.54) is 0 Å². The SMILES string of the molecule is Cn1cnc(CCNC(=O)[C@@H](N)c2ccccc2)n1. The topological polar surface area (TPSA) is 85.8 Å². The number of nitrogens with zero attached hydrogens (tertiary/aromatic N) is 3. The molecule has 0 spiro atoms. The van der Waals surface area contributed by atoms with Gasteiger partial charge in [-0.1, -0.05) is 30.3 Å². The second-order valence-corrected chi connectivity index (χ2v) is 4.26. The average molecular weight is 259 g/mol. The fourth-order valence-corrected chi connectivity index (χ4v) is 1.72. The number of rotatable bonds is 5. The zero-order valence-corrected chi connectivity index (χ0v) is 10.8. The van der Waals surface area contributed by atoms with Crippen molar-refractivity contribution < 1.29 is 4.79 Å². The molecule has 0 aliphatic rings. The molecule has 0 unspecified atom stereocenters. The number of carbonyl (C=O) groups is 1. The van der Waals surface area contributed by atoms with Crippen LogP contribution in [0.15, 0.2) is 36.7 Å². The number of aryl methyl sites for hydroxylation is 1. The number of hydrogen-bond acceptors (Lipinski definition) is 4. The van der Waals surface area contributed by atoms with Gasteiger partial charge in [-0.2, -0.15) is 5.10 Å². The van der Waals surface area contributed by atoms with Crippen molar-refractivity contribution in [3.8, 4) is 0 Å². The van der Waals surface area contributed by atoms with Crippen molar-refractivity contribution in [1.82, 2.24) is 20.1 Å². The van der Waals surface area contributed by atoms with Gasteiger partial charge in [0.1, 0.15) is 12.4 Å². The Morgan fingerprint density at radius 3 is 2.79 bits per heavy atom. The van der Waals surface area contributed by atoms with Crippen LogP contribution in [0.4, 0.5) is 0 Å². The highest BCUT2D eigenvalue weighted by atomic mass is 16.2. The van der Waals surface area contributed by atoms with E-state index in [0.29, 0.717) is 18.8 Å². The van der Waals surface area contributed by atoms with E-state index in [0.717, 1.165) is 5.56 Å². The Kier molecular flexibility index (Phi) is 4.25. The maximum absolute atomic E-state index is 11.9. The summed E-state index contributed by atoms with van der Waals surface area (Å²) in [6, 6.07) is 8.65. The number of benzene rings is 1. The van der Waals surface area contributed by atoms with Crippen LogP contribution < -0.4 is 11.1 Å². The molecule has 0 saturated carbocycles. The highest BCUT2D eigenvalue weighted by Crippen LogP contribution is 2.08. The van der Waals surface area contributed by atoms with Crippen LogP contribution in [0.2, 0.25) is 0 Å². The molecule has 100 valence electrons. The molecule has 2 aromatic rings. The van der Waals surface area contributed by atoms with Crippen molar-refractivity contribution in [1.29, 1.82) is 0 Å². The summed E-state index contributed by atoms with van der Waals surface area (Å²) in [7, 11) is 1.81. The zero-order chi connectivity index (χ0) is 13.7. The first kappa shape index (κ1) is 13.2. The van der Waals surface area contributed by atoms with Crippen molar-refractivity contribution in [3.63, 3.8) is 0 Å². The predicted molar refractivity (Wildman–Crippen MR) is 71.1 cm³/mol. The summed E-state index contributed by atoms with van der Waals surface area (Å²) in [5.74, 6) is 0.512. The van der Waals surface area contributed by atoms with Gasteiger partial charge in [-0.3, -0.25) is 9.48 Å². The lowest BCUT2D eigenvalue weighted by atomic mass is 10.1. The number of hydrogen-bond donors (Lipinski definition) is 2. The number of aromatic nitrogens is 3. The summed E-state index contributed by atoms with van der Waals surface area (Å²) in [4.78, 5) is 15.9. The summed E-state index contributed by atoms with van der Waals surface area (Å²) >= 11 is 0. The lowest BCUT2D eigenvalue weighted by Gasteiger charge is -2.11. The first-order valence-corrected chi connectivity index (χ1v) is 6.09. The standard InChI is InChI=1S/C13H17N5O/c1-18-9-16-11(17-18)7-8-15-13(19)12(14)10-5-3-2-4-6-10/h2-6,9,12H,7-8,14H2,1H3,(H,15,19)/t12-/m0/s1. The minimum Gasteiger partial charge on any atom is -0.354 e. The van der Waals surface area contributed by atoms with Crippen LogP contribution >= 0.6 is 0 Å². The molecule has 1 atom stereocenters. The second-order valence-electron chi connectivity index (χ2n) is 4.26. The summed E-state index contributed by atoms with van der Waals surface area (Å²) in [5, 5.41) is 6.92. The molecule has 6 heteroatoms. The molecule has 0 aliphatic carbocycles. The predicted octanol–water partition coefficient (Wildman–Crippen LogP) is 0.174. The van der Waals surface area contributed by atoms with Gasteiger partial charge in [0.15, 0.2) is 5.82 Å². The molecule has 0 aliphatic heterocycles. The first-order valence-electron chi connectivity index (χ1n) is 6.09. The smallest absolute Gasteiger partial charge is 0.241 e. The molecule has 0 bridgehead atoms. The Morgan fingerprint density at radius 1 is 1.42 bits per heavy atom. The fourth-order valence-electron chi connectivity index (χ4n) is 1.72. The monoisotopic (exact) mass is 259 g/mol. The van der Waals surface area contributed by atoms with Gasteiger partial charge in [0.2, 0.25) is 5.91 Å². The van der Waals surface area contributed by atoms with E-state index in [1.807, 2.05) is 30.3 Å². The molecule has 2 rings (SSSR count). The minimum absolute atomic E-state index is 0.192. The Balaban J connectivity index is 1.81. The van der Waals surface area contributed by atoms with Crippen LogP contribution in [0.25, 0.3) is 0 Å². The summed E-state index contributed by atoms with van der Waals surface area (Å²) in [6.07, 6.45) is 2.22. The summed E-state index contributed by atoms with van der Waals surface area (Å²) in [5.41, 5.74) is 6.68. The number of amides is 1. The van der Waals surface area contributed by atoms with Gasteiger partial charge >= 0.3 is 0 Å². The largest absolute Gasteiger partial charge is 0.354 e. The molecule has 0 radical (unpaired) electrons. The molecule has 1 aromatic heterocycles. The minimum atomic E-state index is -0.641. The van der Waals surface area contributed by atoms with E-state index in [-0.39, 0.29) is 5.91 Å². The van der Waals surface area contributed by atoms with Crippen molar-refractivity contribution in [2.24, 2.45) is 12.8 Å². The van der Waals surface area contributed by atoms with Crippen LogP contribution in [0, 0.1) is 0 Å². The normalized spacial score (nSPS) is 12.1. The lowest BCUT2D eigenvalue weighted by Crippen LogP contribution is -2.35. The molecule has 3 N–H and O–H groups in total. The molecule has 6 nitrogen and oxygen atoms in total. The molecule has 1 aromatic carbocycles. The Bertz CT molecular complexity index is 537. The zero-order valence-electron chi connectivity index (χ0n) is 10.8. The van der Waals surface area contributed by atoms with E-state index in [2.05, 4.69) is 15.4 Å². The Labute approximate surface area is 111 Å². The van der Waals surface area contributed by atoms with E-state index in [1.54, 1.807) is 18.1 Å². The number of carbonyl (C=O) groups excluding carboxylic acids is 1. The van der Waals surface area contributed by atoms with Crippen LogP contribution in [0.3, 0.4) is 0 Å². The second kappa shape index (κ2) is 6.10. The van der Waals surface area contributed by atoms with Crippen LogP contribution in [0.1, 0.15) is 17.4 Å². The van der Waals surface area contributed by atoms with Gasteiger partial charge < -0.3 is 11.1 Å². The quantitative estimate of drug-likeness (QED) is 0.801. The maximum atomic E-state index is 11.9. The molecular formula is C13H17N5O. The van der Waals surface area contributed by atoms with Crippen molar-refractivity contribution in [3.05, 3.63) is 48.0 Å². The van der Waals surface area contributed by atoms with Gasteiger partial charge in [-0.15, -0.1) is 0 Å². The molecule has 1 heterocycles. The third kappa shape index (κ3) is 3.62. The Morgan fingerprint density at radius 2 is 2.16 bits per heavy atom. The third-order valence-corrected chi connectivity index (χ3v) is 2.74. The van der Waals surface area contributed by atoms with Crippen LogP contribution in [-0.4, -0.2) is 27.2 Å². The summed E-state index contributed by atoms with van der Waals surface area (Å²) < 4.78 is 1.63. The Hall–Kier alpha value is -2.21. The van der Waals surface area contributed by atoms with Crippen molar-refractivity contribution in [2.45, 2.75) is 12.5 Å². The van der Waals surface area contributed by atoms with Crippen LogP contribution in [-0.2, 0) is 18.3 Å². The van der Waals surface area contributed by atoms with Gasteiger partial charge in [0.25, 0.3) is 0 Å². The molecule has 0 saturated heterocycles. The van der Waals surface area contributed by atoms with Crippen molar-refractivity contribution >= 4 is 5.91 Å². The first-order chi connectivity index (χ1) is 9.16. The van der Waals surface area contributed by atoms with Gasteiger partial charge in [0.05, 0.1) is 0 Å². The molecular weight excluding hydrogens is 242 g/mol. The van der Waals surface area contributed by atoms with Crippen molar-refractivity contribution in [2.75, 3.05) is 6.54 Å². The van der Waals surface area contributed by atoms with E-state index < -0.39 is 6.04 Å². The van der Waals surface area contributed by atoms with E-state index in [4.69, 9.17) is 5.73 Å². The number of nitrogens with two attached hydrogens (primary N) is 1. The maximum Gasteiger partial charge on any atom is 0.241 e. The third-order valence-electron chi connectivity index (χ3n) is 2.74. The average Bonchev–Trinajstić information content (AvgIpc) is 2.84. The number of nitrogens with one attached hydrogen (secondary N) is 1. The van der Waals surface area contributed by atoms with Gasteiger partial charge in [-0.05, 0) is 5.56 Å². The highest BCUT2D eigenvalue weighted by Gasteiger charge is 2.14. The fraction of sp³-hybridized carbons (Fsp3) is 0.308. The summed E-state index contributed by atoms with van der Waals surface area (Å²) in [6.45, 7) is 0.476.